The van der Waals surface area contributed by atoms with Crippen LogP contribution in [0.2, 0.25) is 0 Å². The number of nitrogens with one attached hydrogen (secondary N) is 2. The van der Waals surface area contributed by atoms with Gasteiger partial charge in [0.25, 0.3) is 0 Å². The molecule has 1 aromatic heterocycles. The van der Waals surface area contributed by atoms with Gasteiger partial charge >= 0.3 is 0 Å². The molecule has 6 N–H and O–H groups in total. The normalized spacial score (nSPS) is 9.95. The number of hydrogen-bond donors (Lipinski definition) is 4. The number of rotatable bonds is 5. The molecule has 0 unspecified atom stereocenters. The summed E-state index contributed by atoms with van der Waals surface area (Å²) in [6.45, 7) is 0. The number of methoxy groups -OCH3 is 2. The molecule has 0 bridgehead atoms. The van der Waals surface area contributed by atoms with Crippen molar-refractivity contribution in [3.63, 3.8) is 0 Å². The summed E-state index contributed by atoms with van der Waals surface area (Å²) in [5, 5.41) is 3.08. The highest BCUT2D eigenvalue weighted by molar-refractivity contribution is 5.63. The van der Waals surface area contributed by atoms with E-state index in [0.717, 1.165) is 5.69 Å². The van der Waals surface area contributed by atoms with E-state index in [0.29, 0.717) is 23.1 Å². The zero-order valence-electron chi connectivity index (χ0n) is 11.2. The Bertz CT molecular complexity index is 582. The Hall–Kier alpha value is -2.74. The van der Waals surface area contributed by atoms with Crippen LogP contribution in [0, 0.1) is 0 Å². The van der Waals surface area contributed by atoms with Gasteiger partial charge in [-0.1, -0.05) is 0 Å². The van der Waals surface area contributed by atoms with E-state index in [9.17, 15) is 0 Å². The Morgan fingerprint density at radius 2 is 1.55 bits per heavy atom. The minimum atomic E-state index is 0.109. The number of anilines is 4. The van der Waals surface area contributed by atoms with E-state index in [1.807, 2.05) is 0 Å². The maximum atomic E-state index is 5.59. The average Bonchev–Trinajstić information content (AvgIpc) is 2.46. The lowest BCUT2D eigenvalue weighted by molar-refractivity contribution is 0.395. The van der Waals surface area contributed by atoms with Gasteiger partial charge in [-0.25, -0.2) is 5.84 Å². The average molecular weight is 276 g/mol. The molecule has 0 aliphatic heterocycles. The molecule has 0 saturated heterocycles. The van der Waals surface area contributed by atoms with Crippen LogP contribution >= 0.6 is 0 Å². The van der Waals surface area contributed by atoms with Gasteiger partial charge in [-0.2, -0.15) is 9.97 Å². The van der Waals surface area contributed by atoms with Crippen molar-refractivity contribution in [3.8, 4) is 11.5 Å². The predicted octanol–water partition coefficient (Wildman–Crippen LogP) is 1.11. The van der Waals surface area contributed by atoms with Crippen molar-refractivity contribution in [2.75, 3.05) is 30.7 Å². The summed E-state index contributed by atoms with van der Waals surface area (Å²) in [4.78, 5) is 7.97. The number of hydrogen-bond acceptors (Lipinski definition) is 8. The molecule has 2 rings (SSSR count). The van der Waals surface area contributed by atoms with Gasteiger partial charge in [0.05, 0.1) is 14.2 Å². The Kier molecular flexibility index (Phi) is 4.06. The van der Waals surface area contributed by atoms with Gasteiger partial charge in [-0.05, 0) is 0 Å². The molecule has 0 fully saturated rings. The van der Waals surface area contributed by atoms with Crippen LogP contribution in [-0.2, 0) is 0 Å². The first-order valence-corrected chi connectivity index (χ1v) is 5.76. The van der Waals surface area contributed by atoms with E-state index < -0.39 is 0 Å². The van der Waals surface area contributed by atoms with Crippen LogP contribution in [-0.4, -0.2) is 24.2 Å². The Morgan fingerprint density at radius 1 is 0.950 bits per heavy atom. The standard InChI is InChI=1S/C12H16N6O2/c1-19-8-3-7(4-9(5-8)20-2)15-10-6-11(18-14)17-12(13)16-10/h3-6H,14H2,1-2H3,(H4,13,15,16,17,18). The number of hydrazine groups is 1. The molecule has 1 heterocycles. The quantitative estimate of drug-likeness (QED) is 0.473. The van der Waals surface area contributed by atoms with Crippen molar-refractivity contribution in [3.05, 3.63) is 24.3 Å². The van der Waals surface area contributed by atoms with Gasteiger partial charge < -0.3 is 25.9 Å². The number of nitrogens with zero attached hydrogens (tertiary/aromatic N) is 2. The summed E-state index contributed by atoms with van der Waals surface area (Å²) in [6, 6.07) is 7.00. The van der Waals surface area contributed by atoms with Crippen LogP contribution in [0.1, 0.15) is 0 Å². The fraction of sp³-hybridized carbons (Fsp3) is 0.167. The highest BCUT2D eigenvalue weighted by Gasteiger charge is 2.05. The SMILES string of the molecule is COc1cc(Nc2cc(NN)nc(N)n2)cc(OC)c1. The van der Waals surface area contributed by atoms with Crippen molar-refractivity contribution in [2.45, 2.75) is 0 Å². The highest BCUT2D eigenvalue weighted by atomic mass is 16.5. The van der Waals surface area contributed by atoms with Gasteiger partial charge in [0, 0.05) is 30.0 Å². The first-order valence-electron chi connectivity index (χ1n) is 5.76. The topological polar surface area (TPSA) is 120 Å². The van der Waals surface area contributed by atoms with E-state index in [1.165, 1.54) is 0 Å². The second kappa shape index (κ2) is 5.93. The molecular weight excluding hydrogens is 260 g/mol. The summed E-state index contributed by atoms with van der Waals surface area (Å²) in [6.07, 6.45) is 0. The number of aromatic nitrogens is 2. The highest BCUT2D eigenvalue weighted by Crippen LogP contribution is 2.28. The Labute approximate surface area is 116 Å². The molecule has 8 nitrogen and oxygen atoms in total. The maximum Gasteiger partial charge on any atom is 0.223 e. The van der Waals surface area contributed by atoms with Crippen molar-refractivity contribution >= 4 is 23.3 Å². The molecule has 0 amide bonds. The molecule has 0 aliphatic rings. The third-order valence-electron chi connectivity index (χ3n) is 2.52. The van der Waals surface area contributed by atoms with Crippen LogP contribution in [0.4, 0.5) is 23.3 Å². The fourth-order valence-corrected chi connectivity index (χ4v) is 1.63. The summed E-state index contributed by atoms with van der Waals surface area (Å²) in [7, 11) is 3.16. The lowest BCUT2D eigenvalue weighted by Crippen LogP contribution is -2.11. The van der Waals surface area contributed by atoms with Gasteiger partial charge in [0.15, 0.2) is 0 Å². The molecule has 2 aromatic rings. The first kappa shape index (κ1) is 13.7. The maximum absolute atomic E-state index is 5.59. The van der Waals surface area contributed by atoms with Gasteiger partial charge in [-0.3, -0.25) is 0 Å². The van der Waals surface area contributed by atoms with Crippen molar-refractivity contribution in [1.29, 1.82) is 0 Å². The summed E-state index contributed by atoms with van der Waals surface area (Å²) < 4.78 is 10.4. The third-order valence-corrected chi connectivity index (χ3v) is 2.52. The van der Waals surface area contributed by atoms with Crippen LogP contribution in [0.5, 0.6) is 11.5 Å². The second-order valence-corrected chi connectivity index (χ2v) is 3.87. The van der Waals surface area contributed by atoms with Gasteiger partial charge in [-0.15, -0.1) is 0 Å². The lowest BCUT2D eigenvalue weighted by atomic mass is 10.2. The van der Waals surface area contributed by atoms with Crippen molar-refractivity contribution in [2.24, 2.45) is 5.84 Å². The zero-order chi connectivity index (χ0) is 14.5. The second-order valence-electron chi connectivity index (χ2n) is 3.87. The van der Waals surface area contributed by atoms with Crippen LogP contribution in [0.15, 0.2) is 24.3 Å². The molecule has 106 valence electrons. The largest absolute Gasteiger partial charge is 0.497 e. The first-order chi connectivity index (χ1) is 9.64. The van der Waals surface area contributed by atoms with E-state index in [4.69, 9.17) is 21.1 Å². The summed E-state index contributed by atoms with van der Waals surface area (Å²) in [5.74, 6) is 7.65. The number of benzene rings is 1. The van der Waals surface area contributed by atoms with E-state index in [1.54, 1.807) is 38.5 Å². The van der Waals surface area contributed by atoms with Gasteiger partial charge in [0.1, 0.15) is 23.1 Å². The summed E-state index contributed by atoms with van der Waals surface area (Å²) in [5.41, 5.74) is 8.75. The van der Waals surface area contributed by atoms with Crippen LogP contribution < -0.4 is 31.8 Å². The van der Waals surface area contributed by atoms with Crippen molar-refractivity contribution < 1.29 is 9.47 Å². The van der Waals surface area contributed by atoms with E-state index >= 15 is 0 Å². The molecule has 0 spiro atoms. The van der Waals surface area contributed by atoms with E-state index in [2.05, 4.69) is 20.7 Å². The number of nitrogen functional groups attached to an aromatic ring is 2. The van der Waals surface area contributed by atoms with Crippen LogP contribution in [0.3, 0.4) is 0 Å². The molecule has 1 aromatic carbocycles. The Balaban J connectivity index is 2.31. The van der Waals surface area contributed by atoms with E-state index in [-0.39, 0.29) is 5.95 Å². The number of nitrogens with two attached hydrogens (primary N) is 2. The minimum absolute atomic E-state index is 0.109. The smallest absolute Gasteiger partial charge is 0.223 e. The monoisotopic (exact) mass is 276 g/mol. The molecule has 20 heavy (non-hydrogen) atoms. The van der Waals surface area contributed by atoms with Crippen LogP contribution in [0.25, 0.3) is 0 Å². The Morgan fingerprint density at radius 3 is 2.10 bits per heavy atom. The molecule has 0 saturated carbocycles. The van der Waals surface area contributed by atoms with Gasteiger partial charge in [0.2, 0.25) is 5.95 Å². The van der Waals surface area contributed by atoms with Crippen molar-refractivity contribution in [1.82, 2.24) is 9.97 Å². The lowest BCUT2D eigenvalue weighted by Gasteiger charge is -2.11. The molecule has 8 heteroatoms. The fourth-order valence-electron chi connectivity index (χ4n) is 1.63. The molecule has 0 aliphatic carbocycles. The summed E-state index contributed by atoms with van der Waals surface area (Å²) >= 11 is 0. The number of ether oxygens (including phenoxy) is 2. The predicted molar refractivity (Wildman–Crippen MR) is 77.1 cm³/mol. The minimum Gasteiger partial charge on any atom is -0.497 e. The molecule has 0 radical (unpaired) electrons. The zero-order valence-corrected chi connectivity index (χ0v) is 11.2. The molecule has 0 atom stereocenters. The molecular formula is C12H16N6O2. The third kappa shape index (κ3) is 3.18.